The number of hydrogen-bond acceptors (Lipinski definition) is 2. The quantitative estimate of drug-likeness (QED) is 0.792. The first kappa shape index (κ1) is 14.0. The summed E-state index contributed by atoms with van der Waals surface area (Å²) in [7, 11) is 0. The van der Waals surface area contributed by atoms with Gasteiger partial charge in [0.25, 0.3) is 0 Å². The van der Waals surface area contributed by atoms with Crippen molar-refractivity contribution in [2.75, 3.05) is 6.54 Å². The van der Waals surface area contributed by atoms with Crippen molar-refractivity contribution in [3.8, 4) is 11.8 Å². The van der Waals surface area contributed by atoms with Crippen LogP contribution < -0.4 is 5.32 Å². The Morgan fingerprint density at radius 3 is 2.95 bits per heavy atom. The van der Waals surface area contributed by atoms with Crippen LogP contribution in [0.15, 0.2) is 24.3 Å². The van der Waals surface area contributed by atoms with Gasteiger partial charge in [0.05, 0.1) is 0 Å². The highest BCUT2D eigenvalue weighted by Crippen LogP contribution is 2.32. The zero-order valence-electron chi connectivity index (χ0n) is 11.3. The van der Waals surface area contributed by atoms with Crippen LogP contribution in [0.1, 0.15) is 37.6 Å². The smallest absolute Gasteiger partial charge is 0.124 e. The molecule has 0 radical (unpaired) electrons. The number of nitrogens with one attached hydrogen (secondary N) is 1. The Morgan fingerprint density at radius 2 is 2.21 bits per heavy atom. The number of hydrogen-bond donors (Lipinski definition) is 1. The van der Waals surface area contributed by atoms with Crippen molar-refractivity contribution >= 4 is 21.4 Å². The second-order valence-electron chi connectivity index (χ2n) is 4.41. The Balaban J connectivity index is 2.24. The molecule has 3 heteroatoms. The highest BCUT2D eigenvalue weighted by Gasteiger charge is 2.13. The SMILES string of the molecule is CC#CCCC(NCC)c1cc2ccc(F)cc2s1. The van der Waals surface area contributed by atoms with Crippen molar-refractivity contribution in [3.05, 3.63) is 35.0 Å². The molecule has 19 heavy (non-hydrogen) atoms. The minimum Gasteiger partial charge on any atom is -0.309 e. The molecule has 0 fully saturated rings. The molecule has 100 valence electrons. The molecule has 2 aromatic rings. The summed E-state index contributed by atoms with van der Waals surface area (Å²) in [5.41, 5.74) is 0. The normalized spacial score (nSPS) is 12.2. The fourth-order valence-electron chi connectivity index (χ4n) is 2.13. The molecule has 0 aliphatic heterocycles. The first-order valence-electron chi connectivity index (χ1n) is 6.56. The molecule has 2 rings (SSSR count). The largest absolute Gasteiger partial charge is 0.309 e. The summed E-state index contributed by atoms with van der Waals surface area (Å²) in [4.78, 5) is 1.26. The standard InChI is InChI=1S/C16H18FNS/c1-3-5-6-7-14(18-4-2)16-10-12-8-9-13(17)11-15(12)19-16/h8-11,14,18H,4,6-7H2,1-2H3. The second kappa shape index (κ2) is 6.70. The summed E-state index contributed by atoms with van der Waals surface area (Å²) in [6.45, 7) is 4.89. The number of fused-ring (bicyclic) bond motifs is 1. The number of halogens is 1. The summed E-state index contributed by atoms with van der Waals surface area (Å²) >= 11 is 1.67. The third-order valence-corrected chi connectivity index (χ3v) is 4.24. The Morgan fingerprint density at radius 1 is 1.37 bits per heavy atom. The predicted octanol–water partition coefficient (Wildman–Crippen LogP) is 4.49. The lowest BCUT2D eigenvalue weighted by atomic mass is 10.1. The average molecular weight is 275 g/mol. The van der Waals surface area contributed by atoms with Crippen LogP contribution in [-0.4, -0.2) is 6.54 Å². The van der Waals surface area contributed by atoms with Crippen LogP contribution in [0.3, 0.4) is 0 Å². The van der Waals surface area contributed by atoms with E-state index < -0.39 is 0 Å². The van der Waals surface area contributed by atoms with E-state index >= 15 is 0 Å². The van der Waals surface area contributed by atoms with Gasteiger partial charge >= 0.3 is 0 Å². The molecule has 0 spiro atoms. The molecule has 1 heterocycles. The van der Waals surface area contributed by atoms with E-state index in [0.717, 1.165) is 29.5 Å². The molecule has 1 aromatic carbocycles. The van der Waals surface area contributed by atoms with Gasteiger partial charge in [-0.05, 0) is 43.5 Å². The summed E-state index contributed by atoms with van der Waals surface area (Å²) in [5.74, 6) is 5.86. The molecule has 1 nitrogen and oxygen atoms in total. The van der Waals surface area contributed by atoms with Crippen LogP contribution in [0.25, 0.3) is 10.1 Å². The van der Waals surface area contributed by atoms with E-state index in [0.29, 0.717) is 6.04 Å². The van der Waals surface area contributed by atoms with Crippen molar-refractivity contribution < 1.29 is 4.39 Å². The average Bonchev–Trinajstić information content (AvgIpc) is 2.80. The summed E-state index contributed by atoms with van der Waals surface area (Å²) in [5, 5.41) is 4.60. The zero-order chi connectivity index (χ0) is 13.7. The maximum absolute atomic E-state index is 13.2. The van der Waals surface area contributed by atoms with Crippen LogP contribution in [0, 0.1) is 17.7 Å². The summed E-state index contributed by atoms with van der Waals surface area (Å²) < 4.78 is 14.2. The predicted molar refractivity (Wildman–Crippen MR) is 80.9 cm³/mol. The maximum atomic E-state index is 13.2. The van der Waals surface area contributed by atoms with Gasteiger partial charge in [-0.2, -0.15) is 0 Å². The van der Waals surface area contributed by atoms with E-state index in [1.165, 1.54) is 10.9 Å². The molecule has 1 aromatic heterocycles. The van der Waals surface area contributed by atoms with Gasteiger partial charge in [0.15, 0.2) is 0 Å². The van der Waals surface area contributed by atoms with Gasteiger partial charge in [-0.1, -0.05) is 13.0 Å². The second-order valence-corrected chi connectivity index (χ2v) is 5.52. The molecule has 1 atom stereocenters. The fraction of sp³-hybridized carbons (Fsp3) is 0.375. The summed E-state index contributed by atoms with van der Waals surface area (Å²) in [6.07, 6.45) is 1.88. The lowest BCUT2D eigenvalue weighted by Crippen LogP contribution is -2.19. The highest BCUT2D eigenvalue weighted by atomic mass is 32.1. The molecule has 1 unspecified atom stereocenters. The van der Waals surface area contributed by atoms with E-state index in [-0.39, 0.29) is 5.82 Å². The first-order valence-corrected chi connectivity index (χ1v) is 7.38. The van der Waals surface area contributed by atoms with Gasteiger partial charge in [0.1, 0.15) is 5.82 Å². The number of thiophene rings is 1. The third kappa shape index (κ3) is 3.56. The van der Waals surface area contributed by atoms with Crippen LogP contribution in [0.2, 0.25) is 0 Å². The van der Waals surface area contributed by atoms with Crippen molar-refractivity contribution in [1.82, 2.24) is 5.32 Å². The minimum atomic E-state index is -0.169. The number of rotatable bonds is 5. The van der Waals surface area contributed by atoms with Gasteiger partial charge in [-0.3, -0.25) is 0 Å². The van der Waals surface area contributed by atoms with Crippen LogP contribution in [0.4, 0.5) is 4.39 Å². The van der Waals surface area contributed by atoms with Gasteiger partial charge in [-0.15, -0.1) is 23.2 Å². The number of benzene rings is 1. The molecule has 0 saturated carbocycles. The van der Waals surface area contributed by atoms with Crippen LogP contribution in [-0.2, 0) is 0 Å². The van der Waals surface area contributed by atoms with Crippen molar-refractivity contribution in [3.63, 3.8) is 0 Å². The zero-order valence-corrected chi connectivity index (χ0v) is 12.1. The summed E-state index contributed by atoms with van der Waals surface area (Å²) in [6, 6.07) is 7.44. The fourth-order valence-corrected chi connectivity index (χ4v) is 3.33. The Labute approximate surface area is 117 Å². The van der Waals surface area contributed by atoms with Crippen molar-refractivity contribution in [1.29, 1.82) is 0 Å². The van der Waals surface area contributed by atoms with Crippen LogP contribution in [0.5, 0.6) is 0 Å². The van der Waals surface area contributed by atoms with Crippen LogP contribution >= 0.6 is 11.3 Å². The molecule has 0 amide bonds. The Hall–Kier alpha value is -1.37. The highest BCUT2D eigenvalue weighted by molar-refractivity contribution is 7.19. The molecule has 0 saturated heterocycles. The molecular formula is C16H18FNS. The van der Waals surface area contributed by atoms with Crippen molar-refractivity contribution in [2.24, 2.45) is 0 Å². The molecule has 0 aliphatic rings. The third-order valence-electron chi connectivity index (χ3n) is 3.03. The van der Waals surface area contributed by atoms with E-state index in [1.807, 2.05) is 13.0 Å². The molecule has 0 aliphatic carbocycles. The molecule has 1 N–H and O–H groups in total. The van der Waals surface area contributed by atoms with Gasteiger partial charge in [-0.25, -0.2) is 4.39 Å². The van der Waals surface area contributed by atoms with E-state index in [9.17, 15) is 4.39 Å². The van der Waals surface area contributed by atoms with Gasteiger partial charge < -0.3 is 5.32 Å². The first-order chi connectivity index (χ1) is 9.24. The topological polar surface area (TPSA) is 12.0 Å². The molecule has 0 bridgehead atoms. The monoisotopic (exact) mass is 275 g/mol. The molecular weight excluding hydrogens is 257 g/mol. The lowest BCUT2D eigenvalue weighted by molar-refractivity contribution is 0.530. The Kier molecular flexibility index (Phi) is 4.95. The van der Waals surface area contributed by atoms with E-state index in [1.54, 1.807) is 17.4 Å². The van der Waals surface area contributed by atoms with Gasteiger partial charge in [0, 0.05) is 22.0 Å². The van der Waals surface area contributed by atoms with Gasteiger partial charge in [0.2, 0.25) is 0 Å². The lowest BCUT2D eigenvalue weighted by Gasteiger charge is -2.14. The maximum Gasteiger partial charge on any atom is 0.124 e. The van der Waals surface area contributed by atoms with E-state index in [2.05, 4.69) is 30.1 Å². The minimum absolute atomic E-state index is 0.169. The van der Waals surface area contributed by atoms with Crippen molar-refractivity contribution in [2.45, 2.75) is 32.7 Å². The van der Waals surface area contributed by atoms with E-state index in [4.69, 9.17) is 0 Å². The Bertz CT molecular complexity index is 606.